The number of carbonyl (C=O) groups is 1. The standard InChI is InChI=1S/C19H13NOS/c21-13-14-10-11-17-19(12-14)22-18-9-5-4-8-16(18)20(17)15-6-2-1-3-7-15/h1-13H. The molecule has 0 aliphatic carbocycles. The smallest absolute Gasteiger partial charge is 0.150 e. The summed E-state index contributed by atoms with van der Waals surface area (Å²) in [5.74, 6) is 0. The van der Waals surface area contributed by atoms with E-state index in [-0.39, 0.29) is 0 Å². The molecule has 0 saturated heterocycles. The molecule has 3 aromatic rings. The highest BCUT2D eigenvalue weighted by molar-refractivity contribution is 7.99. The van der Waals surface area contributed by atoms with E-state index in [9.17, 15) is 4.79 Å². The first-order valence-electron chi connectivity index (χ1n) is 7.08. The number of nitrogens with zero attached hydrogens (tertiary/aromatic N) is 1. The maximum atomic E-state index is 11.1. The molecule has 1 aliphatic heterocycles. The number of hydrogen-bond donors (Lipinski definition) is 0. The highest BCUT2D eigenvalue weighted by atomic mass is 32.2. The molecule has 1 aliphatic rings. The van der Waals surface area contributed by atoms with Crippen molar-refractivity contribution in [3.8, 4) is 0 Å². The van der Waals surface area contributed by atoms with Gasteiger partial charge in [-0.25, -0.2) is 0 Å². The van der Waals surface area contributed by atoms with Gasteiger partial charge in [0.15, 0.2) is 0 Å². The zero-order valence-electron chi connectivity index (χ0n) is 11.8. The highest BCUT2D eigenvalue weighted by Gasteiger charge is 2.24. The summed E-state index contributed by atoms with van der Waals surface area (Å²) in [6.07, 6.45) is 0.897. The molecule has 22 heavy (non-hydrogen) atoms. The number of carbonyl (C=O) groups excluding carboxylic acids is 1. The molecule has 2 nitrogen and oxygen atoms in total. The third kappa shape index (κ3) is 2.11. The number of rotatable bonds is 2. The molecule has 0 spiro atoms. The molecule has 0 fully saturated rings. The van der Waals surface area contributed by atoms with Crippen molar-refractivity contribution >= 4 is 35.1 Å². The summed E-state index contributed by atoms with van der Waals surface area (Å²) in [5, 5.41) is 0. The van der Waals surface area contributed by atoms with Crippen LogP contribution in [0.1, 0.15) is 10.4 Å². The highest BCUT2D eigenvalue weighted by Crippen LogP contribution is 2.51. The first-order chi connectivity index (χ1) is 10.9. The number of fused-ring (bicyclic) bond motifs is 2. The van der Waals surface area contributed by atoms with Crippen LogP contribution < -0.4 is 4.90 Å². The minimum Gasteiger partial charge on any atom is -0.308 e. The largest absolute Gasteiger partial charge is 0.308 e. The van der Waals surface area contributed by atoms with Crippen molar-refractivity contribution < 1.29 is 4.79 Å². The summed E-state index contributed by atoms with van der Waals surface area (Å²) in [6.45, 7) is 0. The van der Waals surface area contributed by atoms with Crippen molar-refractivity contribution in [2.75, 3.05) is 4.90 Å². The predicted octanol–water partition coefficient (Wildman–Crippen LogP) is 5.43. The van der Waals surface area contributed by atoms with E-state index in [2.05, 4.69) is 35.2 Å². The van der Waals surface area contributed by atoms with Gasteiger partial charge in [-0.05, 0) is 42.5 Å². The molecule has 0 amide bonds. The van der Waals surface area contributed by atoms with Gasteiger partial charge in [0.05, 0.1) is 11.4 Å². The van der Waals surface area contributed by atoms with E-state index in [1.165, 1.54) is 10.6 Å². The molecule has 1 heterocycles. The SMILES string of the molecule is O=Cc1ccc2c(c1)Sc1ccccc1N2c1ccccc1. The van der Waals surface area contributed by atoms with Crippen molar-refractivity contribution in [1.82, 2.24) is 0 Å². The first-order valence-corrected chi connectivity index (χ1v) is 7.90. The van der Waals surface area contributed by atoms with Gasteiger partial charge in [0.25, 0.3) is 0 Å². The van der Waals surface area contributed by atoms with Gasteiger partial charge in [0.1, 0.15) is 6.29 Å². The second-order valence-electron chi connectivity index (χ2n) is 5.09. The summed E-state index contributed by atoms with van der Waals surface area (Å²) in [4.78, 5) is 15.6. The zero-order valence-corrected chi connectivity index (χ0v) is 12.6. The van der Waals surface area contributed by atoms with Gasteiger partial charge in [-0.1, -0.05) is 42.1 Å². The first kappa shape index (κ1) is 13.2. The van der Waals surface area contributed by atoms with Crippen LogP contribution >= 0.6 is 11.8 Å². The Hall–Kier alpha value is -2.52. The molecule has 106 valence electrons. The molecule has 0 unspecified atom stereocenters. The van der Waals surface area contributed by atoms with Crippen LogP contribution in [0.15, 0.2) is 82.6 Å². The van der Waals surface area contributed by atoms with Crippen LogP contribution in [-0.4, -0.2) is 6.29 Å². The van der Waals surface area contributed by atoms with E-state index in [0.29, 0.717) is 5.56 Å². The van der Waals surface area contributed by atoms with Crippen LogP contribution in [-0.2, 0) is 0 Å². The number of anilines is 3. The van der Waals surface area contributed by atoms with E-state index in [0.717, 1.165) is 22.6 Å². The Morgan fingerprint density at radius 3 is 2.32 bits per heavy atom. The normalized spacial score (nSPS) is 12.5. The van der Waals surface area contributed by atoms with E-state index < -0.39 is 0 Å². The summed E-state index contributed by atoms with van der Waals surface area (Å²) in [7, 11) is 0. The van der Waals surface area contributed by atoms with Gasteiger partial charge < -0.3 is 4.90 Å². The third-order valence-corrected chi connectivity index (χ3v) is 4.81. The summed E-state index contributed by atoms with van der Waals surface area (Å²) in [6, 6.07) is 24.5. The zero-order chi connectivity index (χ0) is 14.9. The third-order valence-electron chi connectivity index (χ3n) is 3.70. The minimum atomic E-state index is 0.707. The molecule has 3 aromatic carbocycles. The van der Waals surface area contributed by atoms with Crippen molar-refractivity contribution in [3.05, 3.63) is 78.4 Å². The Morgan fingerprint density at radius 1 is 0.773 bits per heavy atom. The molecule has 3 heteroatoms. The molecule has 0 N–H and O–H groups in total. The molecule has 0 atom stereocenters. The fourth-order valence-electron chi connectivity index (χ4n) is 2.70. The average molecular weight is 303 g/mol. The number of para-hydroxylation sites is 2. The van der Waals surface area contributed by atoms with Gasteiger partial charge in [-0.2, -0.15) is 0 Å². The monoisotopic (exact) mass is 303 g/mol. The molecular formula is C19H13NOS. The molecule has 4 rings (SSSR count). The lowest BCUT2D eigenvalue weighted by Crippen LogP contribution is -2.14. The van der Waals surface area contributed by atoms with Gasteiger partial charge in [-0.15, -0.1) is 0 Å². The van der Waals surface area contributed by atoms with E-state index in [4.69, 9.17) is 0 Å². The lowest BCUT2D eigenvalue weighted by Gasteiger charge is -2.32. The van der Waals surface area contributed by atoms with Crippen LogP contribution in [0.4, 0.5) is 17.1 Å². The fourth-order valence-corrected chi connectivity index (χ4v) is 3.81. The van der Waals surface area contributed by atoms with E-state index >= 15 is 0 Å². The van der Waals surface area contributed by atoms with Crippen molar-refractivity contribution in [1.29, 1.82) is 0 Å². The number of aldehydes is 1. The maximum Gasteiger partial charge on any atom is 0.150 e. The van der Waals surface area contributed by atoms with Crippen LogP contribution in [0.25, 0.3) is 0 Å². The lowest BCUT2D eigenvalue weighted by atomic mass is 10.1. The Balaban J connectivity index is 1.96. The fraction of sp³-hybridized carbons (Fsp3) is 0. The summed E-state index contributed by atoms with van der Waals surface area (Å²) in [5.41, 5.74) is 4.11. The number of benzene rings is 3. The minimum absolute atomic E-state index is 0.707. The van der Waals surface area contributed by atoms with Crippen LogP contribution in [0.3, 0.4) is 0 Å². The van der Waals surface area contributed by atoms with Gasteiger partial charge in [-0.3, -0.25) is 4.79 Å². The Labute approximate surface area is 133 Å². The van der Waals surface area contributed by atoms with Gasteiger partial charge >= 0.3 is 0 Å². The van der Waals surface area contributed by atoms with Crippen molar-refractivity contribution in [2.24, 2.45) is 0 Å². The second kappa shape index (κ2) is 5.35. The second-order valence-corrected chi connectivity index (χ2v) is 6.17. The van der Waals surface area contributed by atoms with Gasteiger partial charge in [0, 0.05) is 21.0 Å². The molecule has 0 radical (unpaired) electrons. The predicted molar refractivity (Wildman–Crippen MR) is 90.6 cm³/mol. The Kier molecular flexibility index (Phi) is 3.20. The van der Waals surface area contributed by atoms with Crippen LogP contribution in [0, 0.1) is 0 Å². The topological polar surface area (TPSA) is 20.3 Å². The molecule has 0 aromatic heterocycles. The quantitative estimate of drug-likeness (QED) is 0.460. The molecule has 0 saturated carbocycles. The Morgan fingerprint density at radius 2 is 1.50 bits per heavy atom. The van der Waals surface area contributed by atoms with Gasteiger partial charge in [0.2, 0.25) is 0 Å². The van der Waals surface area contributed by atoms with Crippen molar-refractivity contribution in [2.45, 2.75) is 9.79 Å². The maximum absolute atomic E-state index is 11.1. The van der Waals surface area contributed by atoms with Crippen molar-refractivity contribution in [3.63, 3.8) is 0 Å². The van der Waals surface area contributed by atoms with Crippen LogP contribution in [0.2, 0.25) is 0 Å². The molecule has 0 bridgehead atoms. The lowest BCUT2D eigenvalue weighted by molar-refractivity contribution is 0.112. The van der Waals surface area contributed by atoms with Crippen LogP contribution in [0.5, 0.6) is 0 Å². The number of hydrogen-bond acceptors (Lipinski definition) is 3. The van der Waals surface area contributed by atoms with E-state index in [1.807, 2.05) is 42.5 Å². The summed E-state index contributed by atoms with van der Waals surface area (Å²) < 4.78 is 0. The average Bonchev–Trinajstić information content (AvgIpc) is 2.59. The van der Waals surface area contributed by atoms with E-state index in [1.54, 1.807) is 11.8 Å². The summed E-state index contributed by atoms with van der Waals surface area (Å²) >= 11 is 1.71. The molecular weight excluding hydrogens is 290 g/mol. The Bertz CT molecular complexity index is 845.